The minimum absolute atomic E-state index is 0.276. The summed E-state index contributed by atoms with van der Waals surface area (Å²) in [6, 6.07) is 18.2. The molecular formula is C26H22FN3O3. The lowest BCUT2D eigenvalue weighted by molar-refractivity contribution is 0.0526. The van der Waals surface area contributed by atoms with Crippen LogP contribution in [0.25, 0.3) is 21.9 Å². The number of aromatic nitrogens is 1. The first-order valence-corrected chi connectivity index (χ1v) is 10.5. The molecule has 7 heteroatoms. The smallest absolute Gasteiger partial charge is 0.338 e. The maximum absolute atomic E-state index is 13.7. The highest BCUT2D eigenvalue weighted by atomic mass is 19.1. The fourth-order valence-corrected chi connectivity index (χ4v) is 3.57. The van der Waals surface area contributed by atoms with Crippen molar-refractivity contribution in [2.45, 2.75) is 13.5 Å². The summed E-state index contributed by atoms with van der Waals surface area (Å²) in [6.45, 7) is 2.32. The van der Waals surface area contributed by atoms with Crippen molar-refractivity contribution in [3.05, 3.63) is 96.1 Å². The van der Waals surface area contributed by atoms with E-state index in [-0.39, 0.29) is 18.4 Å². The molecule has 2 amide bonds. The Hall–Kier alpha value is -4.26. The summed E-state index contributed by atoms with van der Waals surface area (Å²) >= 11 is 0. The van der Waals surface area contributed by atoms with Crippen molar-refractivity contribution in [1.82, 2.24) is 10.3 Å². The molecule has 0 aliphatic carbocycles. The van der Waals surface area contributed by atoms with Crippen LogP contribution in [-0.2, 0) is 11.3 Å². The van der Waals surface area contributed by atoms with Crippen LogP contribution in [0.1, 0.15) is 22.8 Å². The number of carbonyl (C=O) groups excluding carboxylic acids is 2. The van der Waals surface area contributed by atoms with Crippen molar-refractivity contribution in [2.75, 3.05) is 11.9 Å². The Kier molecular flexibility index (Phi) is 6.59. The third kappa shape index (κ3) is 5.15. The number of nitrogens with zero attached hydrogens (tertiary/aromatic N) is 1. The Morgan fingerprint density at radius 1 is 1.00 bits per heavy atom. The van der Waals surface area contributed by atoms with E-state index in [4.69, 9.17) is 4.74 Å². The molecule has 3 aromatic carbocycles. The van der Waals surface area contributed by atoms with Crippen molar-refractivity contribution >= 4 is 28.5 Å². The van der Waals surface area contributed by atoms with Crippen LogP contribution in [0.3, 0.4) is 0 Å². The maximum atomic E-state index is 13.7. The zero-order chi connectivity index (χ0) is 23.2. The number of urea groups is 1. The molecule has 1 heterocycles. The van der Waals surface area contributed by atoms with Gasteiger partial charge in [0.2, 0.25) is 0 Å². The molecule has 4 aromatic rings. The summed E-state index contributed by atoms with van der Waals surface area (Å²) in [5.74, 6) is -0.705. The predicted octanol–water partition coefficient (Wildman–Crippen LogP) is 5.54. The molecule has 166 valence electrons. The van der Waals surface area contributed by atoms with Gasteiger partial charge in [-0.1, -0.05) is 24.3 Å². The fourth-order valence-electron chi connectivity index (χ4n) is 3.57. The van der Waals surface area contributed by atoms with Gasteiger partial charge in [0.15, 0.2) is 0 Å². The first-order valence-electron chi connectivity index (χ1n) is 10.5. The van der Waals surface area contributed by atoms with E-state index < -0.39 is 5.97 Å². The van der Waals surface area contributed by atoms with Gasteiger partial charge in [-0.25, -0.2) is 14.0 Å². The summed E-state index contributed by atoms with van der Waals surface area (Å²) < 4.78 is 18.7. The summed E-state index contributed by atoms with van der Waals surface area (Å²) in [4.78, 5) is 28.3. The predicted molar refractivity (Wildman–Crippen MR) is 125 cm³/mol. The molecule has 0 aliphatic heterocycles. The van der Waals surface area contributed by atoms with E-state index in [0.717, 1.165) is 27.5 Å². The minimum Gasteiger partial charge on any atom is -0.462 e. The Balaban J connectivity index is 1.47. The Bertz CT molecular complexity index is 1310. The number of anilines is 1. The van der Waals surface area contributed by atoms with E-state index in [2.05, 4.69) is 15.6 Å². The number of halogens is 1. The van der Waals surface area contributed by atoms with Gasteiger partial charge in [0.05, 0.1) is 12.2 Å². The van der Waals surface area contributed by atoms with E-state index in [1.54, 1.807) is 49.6 Å². The number of esters is 1. The quantitative estimate of drug-likeness (QED) is 0.384. The standard InChI is InChI=1S/C26H22FN3O3/c1-2-33-25(31)17-6-9-21(10-7-17)30-26(32)29-15-19-8-11-22(18-4-3-5-20(27)14-18)23-12-13-28-16-24(19)23/h3-14,16H,2,15H2,1H3,(H2,29,30,32). The molecule has 0 bridgehead atoms. The first kappa shape index (κ1) is 22.0. The lowest BCUT2D eigenvalue weighted by Gasteiger charge is -2.13. The molecule has 0 saturated carbocycles. The van der Waals surface area contributed by atoms with E-state index >= 15 is 0 Å². The van der Waals surface area contributed by atoms with Gasteiger partial charge in [-0.2, -0.15) is 0 Å². The monoisotopic (exact) mass is 443 g/mol. The Morgan fingerprint density at radius 2 is 1.82 bits per heavy atom. The summed E-state index contributed by atoms with van der Waals surface area (Å²) in [5.41, 5.74) is 3.51. The van der Waals surface area contributed by atoms with Gasteiger partial charge in [0, 0.05) is 30.0 Å². The zero-order valence-electron chi connectivity index (χ0n) is 18.0. The number of benzene rings is 3. The normalized spacial score (nSPS) is 10.6. The number of nitrogens with one attached hydrogen (secondary N) is 2. The molecule has 1 aromatic heterocycles. The van der Waals surface area contributed by atoms with Crippen LogP contribution in [0.2, 0.25) is 0 Å². The highest BCUT2D eigenvalue weighted by Crippen LogP contribution is 2.30. The average molecular weight is 443 g/mol. The molecule has 0 radical (unpaired) electrons. The van der Waals surface area contributed by atoms with Gasteiger partial charge in [-0.3, -0.25) is 4.98 Å². The summed E-state index contributed by atoms with van der Waals surface area (Å²) in [5, 5.41) is 7.37. The first-order chi connectivity index (χ1) is 16.0. The molecule has 0 atom stereocenters. The van der Waals surface area contributed by atoms with Crippen molar-refractivity contribution in [3.8, 4) is 11.1 Å². The molecule has 0 saturated heterocycles. The molecule has 33 heavy (non-hydrogen) atoms. The van der Waals surface area contributed by atoms with Gasteiger partial charge in [0.1, 0.15) is 5.82 Å². The number of fused-ring (bicyclic) bond motifs is 1. The molecule has 6 nitrogen and oxygen atoms in total. The van der Waals surface area contributed by atoms with Gasteiger partial charge in [0.25, 0.3) is 0 Å². The number of carbonyl (C=O) groups is 2. The highest BCUT2D eigenvalue weighted by molar-refractivity contribution is 5.98. The molecule has 0 fully saturated rings. The SMILES string of the molecule is CCOC(=O)c1ccc(NC(=O)NCc2ccc(-c3cccc(F)c3)c3ccncc23)cc1. The lowest BCUT2D eigenvalue weighted by atomic mass is 9.96. The summed E-state index contributed by atoms with van der Waals surface area (Å²) in [6.07, 6.45) is 3.43. The molecule has 0 spiro atoms. The van der Waals surface area contributed by atoms with Crippen LogP contribution in [0.4, 0.5) is 14.9 Å². The van der Waals surface area contributed by atoms with E-state index in [9.17, 15) is 14.0 Å². The van der Waals surface area contributed by atoms with E-state index in [1.807, 2.05) is 24.3 Å². The second-order valence-corrected chi connectivity index (χ2v) is 7.31. The lowest BCUT2D eigenvalue weighted by Crippen LogP contribution is -2.28. The van der Waals surface area contributed by atoms with Crippen molar-refractivity contribution in [2.24, 2.45) is 0 Å². The van der Waals surface area contributed by atoms with Crippen LogP contribution in [0.15, 0.2) is 79.1 Å². The minimum atomic E-state index is -0.407. The van der Waals surface area contributed by atoms with Gasteiger partial charge >= 0.3 is 12.0 Å². The molecule has 2 N–H and O–H groups in total. The van der Waals surface area contributed by atoms with Gasteiger partial charge in [-0.05, 0) is 71.5 Å². The Labute approximate surface area is 190 Å². The summed E-state index contributed by atoms with van der Waals surface area (Å²) in [7, 11) is 0. The Morgan fingerprint density at radius 3 is 2.58 bits per heavy atom. The van der Waals surface area contributed by atoms with Crippen molar-refractivity contribution in [1.29, 1.82) is 0 Å². The van der Waals surface area contributed by atoms with Crippen molar-refractivity contribution in [3.63, 3.8) is 0 Å². The topological polar surface area (TPSA) is 80.3 Å². The third-order valence-electron chi connectivity index (χ3n) is 5.14. The molecule has 0 unspecified atom stereocenters. The number of pyridine rings is 1. The number of amides is 2. The van der Waals surface area contributed by atoms with Crippen LogP contribution in [0, 0.1) is 5.82 Å². The second kappa shape index (κ2) is 9.91. The number of hydrogen-bond acceptors (Lipinski definition) is 4. The fraction of sp³-hybridized carbons (Fsp3) is 0.115. The number of hydrogen-bond donors (Lipinski definition) is 2. The zero-order valence-corrected chi connectivity index (χ0v) is 18.0. The van der Waals surface area contributed by atoms with Crippen LogP contribution < -0.4 is 10.6 Å². The van der Waals surface area contributed by atoms with Crippen LogP contribution in [0.5, 0.6) is 0 Å². The van der Waals surface area contributed by atoms with E-state index in [1.165, 1.54) is 12.1 Å². The third-order valence-corrected chi connectivity index (χ3v) is 5.14. The molecular weight excluding hydrogens is 421 g/mol. The van der Waals surface area contributed by atoms with Crippen LogP contribution in [-0.4, -0.2) is 23.6 Å². The maximum Gasteiger partial charge on any atom is 0.338 e. The molecule has 4 rings (SSSR count). The largest absolute Gasteiger partial charge is 0.462 e. The highest BCUT2D eigenvalue weighted by Gasteiger charge is 2.11. The average Bonchev–Trinajstić information content (AvgIpc) is 2.83. The number of rotatable bonds is 6. The molecule has 0 aliphatic rings. The second-order valence-electron chi connectivity index (χ2n) is 7.31. The van der Waals surface area contributed by atoms with Gasteiger partial charge < -0.3 is 15.4 Å². The van der Waals surface area contributed by atoms with Gasteiger partial charge in [-0.15, -0.1) is 0 Å². The number of ether oxygens (including phenoxy) is 1. The van der Waals surface area contributed by atoms with E-state index in [0.29, 0.717) is 17.9 Å². The van der Waals surface area contributed by atoms with Crippen LogP contribution >= 0.6 is 0 Å². The van der Waals surface area contributed by atoms with Crippen molar-refractivity contribution < 1.29 is 18.7 Å².